The van der Waals surface area contributed by atoms with Gasteiger partial charge in [-0.05, 0) is 54.5 Å². The number of hydrogen-bond donors (Lipinski definition) is 3. The van der Waals surface area contributed by atoms with Crippen molar-refractivity contribution in [2.45, 2.75) is 6.92 Å². The standard InChI is InChI=1S/C26H25N3O5/c1-17-8-7-11-20(24(17)30)16-27-29-26(32)21(28-25(31)19-9-5-4-6-10-19)14-18-12-13-22(33-2)23(15-18)34-3/h4-16,30H,1-3H3,(H,28,31)(H,29,32)/b21-14?,27-16+. The van der Waals surface area contributed by atoms with Gasteiger partial charge in [0.25, 0.3) is 11.8 Å². The maximum absolute atomic E-state index is 12.9. The lowest BCUT2D eigenvalue weighted by atomic mass is 10.1. The zero-order chi connectivity index (χ0) is 24.5. The van der Waals surface area contributed by atoms with E-state index in [-0.39, 0.29) is 11.4 Å². The number of para-hydroxylation sites is 1. The molecule has 0 aromatic heterocycles. The van der Waals surface area contributed by atoms with Crippen LogP contribution in [0, 0.1) is 6.92 Å². The number of nitrogens with one attached hydrogen (secondary N) is 2. The lowest BCUT2D eigenvalue weighted by molar-refractivity contribution is -0.117. The summed E-state index contributed by atoms with van der Waals surface area (Å²) >= 11 is 0. The van der Waals surface area contributed by atoms with Crippen LogP contribution >= 0.6 is 0 Å². The van der Waals surface area contributed by atoms with Gasteiger partial charge in [-0.15, -0.1) is 0 Å². The Morgan fingerprint density at radius 1 is 0.941 bits per heavy atom. The molecule has 0 bridgehead atoms. The quantitative estimate of drug-likeness (QED) is 0.271. The number of hydrogen-bond acceptors (Lipinski definition) is 6. The number of hydrazone groups is 1. The predicted molar refractivity (Wildman–Crippen MR) is 130 cm³/mol. The van der Waals surface area contributed by atoms with Crippen molar-refractivity contribution >= 4 is 24.1 Å². The van der Waals surface area contributed by atoms with Gasteiger partial charge < -0.3 is 19.9 Å². The predicted octanol–water partition coefficient (Wildman–Crippen LogP) is 3.64. The largest absolute Gasteiger partial charge is 0.507 e. The summed E-state index contributed by atoms with van der Waals surface area (Å²) in [5.41, 5.74) is 4.46. The number of phenolic OH excluding ortho intramolecular Hbond substituents is 1. The molecule has 0 fully saturated rings. The molecule has 8 nitrogen and oxygen atoms in total. The van der Waals surface area contributed by atoms with Crippen LogP contribution in [0.2, 0.25) is 0 Å². The Labute approximate surface area is 197 Å². The second-order valence-corrected chi connectivity index (χ2v) is 7.20. The third kappa shape index (κ3) is 6.01. The highest BCUT2D eigenvalue weighted by molar-refractivity contribution is 6.05. The van der Waals surface area contributed by atoms with Gasteiger partial charge in [0.2, 0.25) is 0 Å². The molecule has 0 spiro atoms. The summed E-state index contributed by atoms with van der Waals surface area (Å²) in [5.74, 6) is -0.0379. The molecule has 3 rings (SSSR count). The number of benzene rings is 3. The van der Waals surface area contributed by atoms with Crippen molar-refractivity contribution in [3.8, 4) is 17.2 Å². The molecular formula is C26H25N3O5. The fraction of sp³-hybridized carbons (Fsp3) is 0.115. The molecule has 0 atom stereocenters. The second kappa shape index (κ2) is 11.3. The van der Waals surface area contributed by atoms with Gasteiger partial charge in [-0.25, -0.2) is 5.43 Å². The average molecular weight is 460 g/mol. The number of nitrogens with zero attached hydrogens (tertiary/aromatic N) is 1. The van der Waals surface area contributed by atoms with Gasteiger partial charge in [-0.1, -0.05) is 36.4 Å². The summed E-state index contributed by atoms with van der Waals surface area (Å²) in [7, 11) is 3.03. The average Bonchev–Trinajstić information content (AvgIpc) is 2.86. The van der Waals surface area contributed by atoms with E-state index in [0.717, 1.165) is 0 Å². The molecule has 0 radical (unpaired) electrons. The summed E-state index contributed by atoms with van der Waals surface area (Å²) in [6.07, 6.45) is 2.82. The topological polar surface area (TPSA) is 109 Å². The van der Waals surface area contributed by atoms with Crippen molar-refractivity contribution in [3.05, 3.63) is 94.7 Å². The smallest absolute Gasteiger partial charge is 0.287 e. The lowest BCUT2D eigenvalue weighted by Gasteiger charge is -2.11. The Balaban J connectivity index is 1.88. The van der Waals surface area contributed by atoms with E-state index in [1.807, 2.05) is 0 Å². The maximum Gasteiger partial charge on any atom is 0.287 e. The van der Waals surface area contributed by atoms with Crippen LogP contribution in [0.4, 0.5) is 0 Å². The summed E-state index contributed by atoms with van der Waals surface area (Å²) < 4.78 is 10.6. The van der Waals surface area contributed by atoms with Crippen molar-refractivity contribution < 1.29 is 24.2 Å². The van der Waals surface area contributed by atoms with Crippen LogP contribution in [0.3, 0.4) is 0 Å². The Hall–Kier alpha value is -4.59. The molecule has 3 aromatic rings. The van der Waals surface area contributed by atoms with Gasteiger partial charge in [0.05, 0.1) is 20.4 Å². The van der Waals surface area contributed by atoms with Gasteiger partial charge in [-0.2, -0.15) is 5.10 Å². The van der Waals surface area contributed by atoms with E-state index in [1.54, 1.807) is 73.7 Å². The molecule has 2 amide bonds. The van der Waals surface area contributed by atoms with Gasteiger partial charge >= 0.3 is 0 Å². The highest BCUT2D eigenvalue weighted by atomic mass is 16.5. The molecule has 0 aliphatic rings. The highest BCUT2D eigenvalue weighted by Crippen LogP contribution is 2.28. The number of phenols is 1. The molecule has 34 heavy (non-hydrogen) atoms. The Morgan fingerprint density at radius 3 is 2.38 bits per heavy atom. The SMILES string of the molecule is COc1ccc(C=C(NC(=O)c2ccccc2)C(=O)N/N=C/c2cccc(C)c2O)cc1OC. The highest BCUT2D eigenvalue weighted by Gasteiger charge is 2.15. The minimum Gasteiger partial charge on any atom is -0.507 e. The van der Waals surface area contributed by atoms with Crippen molar-refractivity contribution in [2.75, 3.05) is 14.2 Å². The van der Waals surface area contributed by atoms with Crippen LogP contribution in [0.15, 0.2) is 77.5 Å². The first-order valence-corrected chi connectivity index (χ1v) is 10.3. The molecular weight excluding hydrogens is 434 g/mol. The van der Waals surface area contributed by atoms with Crippen LogP contribution in [0.1, 0.15) is 27.0 Å². The molecule has 0 heterocycles. The second-order valence-electron chi connectivity index (χ2n) is 7.20. The van der Waals surface area contributed by atoms with E-state index in [9.17, 15) is 14.7 Å². The van der Waals surface area contributed by atoms with Crippen LogP contribution in [-0.4, -0.2) is 37.4 Å². The fourth-order valence-electron chi connectivity index (χ4n) is 3.06. The molecule has 0 saturated carbocycles. The Kier molecular flexibility index (Phi) is 8.02. The molecule has 174 valence electrons. The number of amides is 2. The first-order valence-electron chi connectivity index (χ1n) is 10.3. The molecule has 8 heteroatoms. The first-order chi connectivity index (χ1) is 16.4. The Bertz CT molecular complexity index is 1240. The monoisotopic (exact) mass is 459 g/mol. The minimum atomic E-state index is -0.651. The van der Waals surface area contributed by atoms with Crippen LogP contribution in [0.5, 0.6) is 17.2 Å². The number of methoxy groups -OCH3 is 2. The van der Waals surface area contributed by atoms with E-state index in [0.29, 0.717) is 33.8 Å². The van der Waals surface area contributed by atoms with Gasteiger partial charge in [0, 0.05) is 11.1 Å². The van der Waals surface area contributed by atoms with Crippen LogP contribution < -0.4 is 20.2 Å². The van der Waals surface area contributed by atoms with E-state index >= 15 is 0 Å². The minimum absolute atomic E-state index is 0.0355. The molecule has 0 aliphatic heterocycles. The van der Waals surface area contributed by atoms with E-state index in [2.05, 4.69) is 15.8 Å². The van der Waals surface area contributed by atoms with Crippen molar-refractivity contribution in [3.63, 3.8) is 0 Å². The number of aryl methyl sites for hydroxylation is 1. The first kappa shape index (κ1) is 24.1. The zero-order valence-electron chi connectivity index (χ0n) is 19.0. The third-order valence-electron chi connectivity index (χ3n) is 4.89. The summed E-state index contributed by atoms with van der Waals surface area (Å²) in [5, 5.41) is 16.7. The van der Waals surface area contributed by atoms with E-state index < -0.39 is 11.8 Å². The van der Waals surface area contributed by atoms with Gasteiger partial charge in [0.1, 0.15) is 11.4 Å². The number of carbonyl (C=O) groups excluding carboxylic acids is 2. The van der Waals surface area contributed by atoms with E-state index in [1.165, 1.54) is 26.5 Å². The van der Waals surface area contributed by atoms with E-state index in [4.69, 9.17) is 9.47 Å². The van der Waals surface area contributed by atoms with Gasteiger partial charge in [0.15, 0.2) is 11.5 Å². The lowest BCUT2D eigenvalue weighted by Crippen LogP contribution is -2.32. The number of carbonyl (C=O) groups is 2. The van der Waals surface area contributed by atoms with Crippen LogP contribution in [-0.2, 0) is 4.79 Å². The van der Waals surface area contributed by atoms with Crippen molar-refractivity contribution in [1.29, 1.82) is 0 Å². The van der Waals surface area contributed by atoms with Gasteiger partial charge in [-0.3, -0.25) is 9.59 Å². The molecule has 3 aromatic carbocycles. The number of aromatic hydroxyl groups is 1. The molecule has 0 saturated heterocycles. The molecule has 0 unspecified atom stereocenters. The summed E-state index contributed by atoms with van der Waals surface area (Å²) in [4.78, 5) is 25.6. The molecule has 3 N–H and O–H groups in total. The normalized spacial score (nSPS) is 11.2. The van der Waals surface area contributed by atoms with Crippen molar-refractivity contribution in [2.24, 2.45) is 5.10 Å². The number of ether oxygens (including phenoxy) is 2. The maximum atomic E-state index is 12.9. The van der Waals surface area contributed by atoms with Crippen molar-refractivity contribution in [1.82, 2.24) is 10.7 Å². The zero-order valence-corrected chi connectivity index (χ0v) is 19.0. The fourth-order valence-corrected chi connectivity index (χ4v) is 3.06. The number of rotatable bonds is 8. The molecule has 0 aliphatic carbocycles. The van der Waals surface area contributed by atoms with Crippen LogP contribution in [0.25, 0.3) is 6.08 Å². The summed E-state index contributed by atoms with van der Waals surface area (Å²) in [6.45, 7) is 1.76. The summed E-state index contributed by atoms with van der Waals surface area (Å²) in [6, 6.07) is 18.8. The Morgan fingerprint density at radius 2 is 1.68 bits per heavy atom. The third-order valence-corrected chi connectivity index (χ3v) is 4.89.